The predicted molar refractivity (Wildman–Crippen MR) is 80.2 cm³/mol. The van der Waals surface area contributed by atoms with Crippen LogP contribution in [0.2, 0.25) is 0 Å². The Hall–Kier alpha value is -2.93. The summed E-state index contributed by atoms with van der Waals surface area (Å²) in [7, 11) is 0. The summed E-state index contributed by atoms with van der Waals surface area (Å²) >= 11 is 0. The van der Waals surface area contributed by atoms with Gasteiger partial charge in [0.05, 0.1) is 16.8 Å². The van der Waals surface area contributed by atoms with E-state index in [-0.39, 0.29) is 0 Å². The fourth-order valence-corrected chi connectivity index (χ4v) is 2.26. The van der Waals surface area contributed by atoms with Crippen LogP contribution in [0, 0.1) is 17.1 Å². The van der Waals surface area contributed by atoms with Crippen molar-refractivity contribution in [2.75, 3.05) is 5.32 Å². The second-order valence-electron chi connectivity index (χ2n) is 4.65. The molecule has 2 aromatic carbocycles. The fraction of sp³-hybridized carbons (Fsp3) is 0.0588. The van der Waals surface area contributed by atoms with Gasteiger partial charge in [-0.15, -0.1) is 0 Å². The molecule has 0 aliphatic rings. The van der Waals surface area contributed by atoms with Gasteiger partial charge in [0.2, 0.25) is 0 Å². The Morgan fingerprint density at radius 1 is 1.14 bits per heavy atom. The molecule has 3 aromatic rings. The minimum Gasteiger partial charge on any atom is -0.380 e. The Bertz CT molecular complexity index is 832. The number of benzene rings is 2. The van der Waals surface area contributed by atoms with Crippen molar-refractivity contribution >= 4 is 16.6 Å². The van der Waals surface area contributed by atoms with Gasteiger partial charge >= 0.3 is 0 Å². The molecule has 0 saturated carbocycles. The number of aromatic nitrogens is 1. The number of rotatable bonds is 3. The molecule has 0 spiro atoms. The smallest absolute Gasteiger partial charge is 0.124 e. The number of nitrogens with zero attached hydrogens (tertiary/aromatic N) is 2. The number of fused-ring (bicyclic) bond motifs is 1. The van der Waals surface area contributed by atoms with Crippen molar-refractivity contribution in [3.63, 3.8) is 0 Å². The highest BCUT2D eigenvalue weighted by Crippen LogP contribution is 2.20. The molecule has 0 aliphatic heterocycles. The van der Waals surface area contributed by atoms with Crippen LogP contribution >= 0.6 is 0 Å². The third kappa shape index (κ3) is 2.67. The van der Waals surface area contributed by atoms with Crippen LogP contribution in [0.4, 0.5) is 10.1 Å². The quantitative estimate of drug-likeness (QED) is 0.791. The molecule has 0 radical (unpaired) electrons. The number of pyridine rings is 1. The largest absolute Gasteiger partial charge is 0.380 e. The third-order valence-corrected chi connectivity index (χ3v) is 3.29. The molecule has 1 aromatic heterocycles. The van der Waals surface area contributed by atoms with Crippen molar-refractivity contribution in [1.29, 1.82) is 5.26 Å². The first-order chi connectivity index (χ1) is 10.3. The monoisotopic (exact) mass is 277 g/mol. The number of hydrogen-bond acceptors (Lipinski definition) is 3. The first-order valence-electron chi connectivity index (χ1n) is 6.54. The first-order valence-corrected chi connectivity index (χ1v) is 6.54. The Kier molecular flexibility index (Phi) is 3.48. The van der Waals surface area contributed by atoms with E-state index < -0.39 is 5.82 Å². The van der Waals surface area contributed by atoms with E-state index in [0.717, 1.165) is 16.5 Å². The van der Waals surface area contributed by atoms with Gasteiger partial charge in [0.25, 0.3) is 0 Å². The standard InChI is InChI=1S/C17H12FN3/c18-15-6-7-16(14(9-15)10-19)21-11-13-4-1-3-12-5-2-8-20-17(12)13/h1-9,21H,11H2. The van der Waals surface area contributed by atoms with Crippen LogP contribution in [-0.4, -0.2) is 4.98 Å². The van der Waals surface area contributed by atoms with E-state index in [4.69, 9.17) is 5.26 Å². The molecular weight excluding hydrogens is 265 g/mol. The molecule has 102 valence electrons. The number of halogens is 1. The molecule has 0 fully saturated rings. The molecule has 0 saturated heterocycles. The van der Waals surface area contributed by atoms with Crippen molar-refractivity contribution in [3.8, 4) is 6.07 Å². The van der Waals surface area contributed by atoms with Crippen molar-refractivity contribution in [1.82, 2.24) is 4.98 Å². The van der Waals surface area contributed by atoms with Crippen LogP contribution in [0.15, 0.2) is 54.7 Å². The molecule has 3 nitrogen and oxygen atoms in total. The van der Waals surface area contributed by atoms with E-state index in [1.54, 1.807) is 12.3 Å². The zero-order valence-corrected chi connectivity index (χ0v) is 11.2. The molecule has 4 heteroatoms. The average Bonchev–Trinajstić information content (AvgIpc) is 2.53. The zero-order valence-electron chi connectivity index (χ0n) is 11.2. The van der Waals surface area contributed by atoms with Crippen LogP contribution in [-0.2, 0) is 6.54 Å². The Balaban J connectivity index is 1.89. The molecule has 0 amide bonds. The summed E-state index contributed by atoms with van der Waals surface area (Å²) in [5.74, 6) is -0.413. The van der Waals surface area contributed by atoms with Gasteiger partial charge in [-0.1, -0.05) is 24.3 Å². The zero-order chi connectivity index (χ0) is 14.7. The molecule has 1 N–H and O–H groups in total. The van der Waals surface area contributed by atoms with Gasteiger partial charge in [0.15, 0.2) is 0 Å². The van der Waals surface area contributed by atoms with E-state index in [0.29, 0.717) is 17.8 Å². The topological polar surface area (TPSA) is 48.7 Å². The van der Waals surface area contributed by atoms with Crippen LogP contribution in [0.1, 0.15) is 11.1 Å². The normalized spacial score (nSPS) is 10.3. The van der Waals surface area contributed by atoms with Crippen LogP contribution in [0.3, 0.4) is 0 Å². The second-order valence-corrected chi connectivity index (χ2v) is 4.65. The molecule has 3 rings (SSSR count). The molecule has 0 atom stereocenters. The van der Waals surface area contributed by atoms with Crippen LogP contribution in [0.5, 0.6) is 0 Å². The number of para-hydroxylation sites is 1. The van der Waals surface area contributed by atoms with Gasteiger partial charge in [-0.25, -0.2) is 4.39 Å². The predicted octanol–water partition coefficient (Wildman–Crippen LogP) is 3.86. The molecule has 0 aliphatic carbocycles. The Labute approximate surface area is 121 Å². The van der Waals surface area contributed by atoms with E-state index in [9.17, 15) is 4.39 Å². The lowest BCUT2D eigenvalue weighted by atomic mass is 10.1. The van der Waals surface area contributed by atoms with E-state index in [1.807, 2.05) is 36.4 Å². The minimum absolute atomic E-state index is 0.295. The maximum Gasteiger partial charge on any atom is 0.124 e. The highest BCUT2D eigenvalue weighted by molar-refractivity contribution is 5.81. The molecular formula is C17H12FN3. The number of hydrogen-bond donors (Lipinski definition) is 1. The summed E-state index contributed by atoms with van der Waals surface area (Å²) in [6, 6.07) is 16.0. The van der Waals surface area contributed by atoms with E-state index >= 15 is 0 Å². The second kappa shape index (κ2) is 5.59. The van der Waals surface area contributed by atoms with Gasteiger partial charge in [0.1, 0.15) is 11.9 Å². The van der Waals surface area contributed by atoms with Crippen LogP contribution < -0.4 is 5.32 Å². The lowest BCUT2D eigenvalue weighted by molar-refractivity contribution is 0.627. The summed E-state index contributed by atoms with van der Waals surface area (Å²) in [6.07, 6.45) is 1.75. The maximum absolute atomic E-state index is 13.1. The van der Waals surface area contributed by atoms with E-state index in [1.165, 1.54) is 12.1 Å². The minimum atomic E-state index is -0.413. The fourth-order valence-electron chi connectivity index (χ4n) is 2.26. The van der Waals surface area contributed by atoms with Gasteiger partial charge in [0, 0.05) is 18.1 Å². The molecule has 21 heavy (non-hydrogen) atoms. The number of nitriles is 1. The average molecular weight is 277 g/mol. The van der Waals surface area contributed by atoms with Crippen molar-refractivity contribution < 1.29 is 4.39 Å². The summed E-state index contributed by atoms with van der Waals surface area (Å²) < 4.78 is 13.1. The third-order valence-electron chi connectivity index (χ3n) is 3.29. The highest BCUT2D eigenvalue weighted by atomic mass is 19.1. The van der Waals surface area contributed by atoms with Gasteiger partial charge in [-0.05, 0) is 29.8 Å². The molecule has 0 bridgehead atoms. The van der Waals surface area contributed by atoms with Crippen LogP contribution in [0.25, 0.3) is 10.9 Å². The SMILES string of the molecule is N#Cc1cc(F)ccc1NCc1cccc2cccnc12. The summed E-state index contributed by atoms with van der Waals surface area (Å²) in [5, 5.41) is 13.3. The van der Waals surface area contributed by atoms with E-state index in [2.05, 4.69) is 10.3 Å². The van der Waals surface area contributed by atoms with Gasteiger partial charge < -0.3 is 5.32 Å². The highest BCUT2D eigenvalue weighted by Gasteiger charge is 2.05. The number of nitrogens with one attached hydrogen (secondary N) is 1. The van der Waals surface area contributed by atoms with Gasteiger partial charge in [-0.2, -0.15) is 5.26 Å². The van der Waals surface area contributed by atoms with Crippen molar-refractivity contribution in [3.05, 3.63) is 71.7 Å². The molecule has 0 unspecified atom stereocenters. The summed E-state index contributed by atoms with van der Waals surface area (Å²) in [5.41, 5.74) is 2.87. The maximum atomic E-state index is 13.1. The number of anilines is 1. The Morgan fingerprint density at radius 2 is 2.00 bits per heavy atom. The lowest BCUT2D eigenvalue weighted by Crippen LogP contribution is -2.02. The van der Waals surface area contributed by atoms with Crippen molar-refractivity contribution in [2.24, 2.45) is 0 Å². The first kappa shape index (κ1) is 13.1. The summed E-state index contributed by atoms with van der Waals surface area (Å²) in [6.45, 7) is 0.522. The van der Waals surface area contributed by atoms with Gasteiger partial charge in [-0.3, -0.25) is 4.98 Å². The lowest BCUT2D eigenvalue weighted by Gasteiger charge is -2.10. The molecule has 1 heterocycles. The summed E-state index contributed by atoms with van der Waals surface area (Å²) in [4.78, 5) is 4.39. The Morgan fingerprint density at radius 3 is 2.86 bits per heavy atom. The van der Waals surface area contributed by atoms with Crippen molar-refractivity contribution in [2.45, 2.75) is 6.54 Å².